The molecule has 4 nitrogen and oxygen atoms in total. The van der Waals surface area contributed by atoms with Gasteiger partial charge in [-0.15, -0.1) is 0 Å². The van der Waals surface area contributed by atoms with Gasteiger partial charge in [-0.25, -0.2) is 0 Å². The Hall–Kier alpha value is -0.160. The molecule has 1 unspecified atom stereocenters. The maximum atomic E-state index is 8.33. The monoisotopic (exact) mass is 166 g/mol. The lowest BCUT2D eigenvalue weighted by Gasteiger charge is -1.99. The quantitative estimate of drug-likeness (QED) is 0.576. The summed E-state index contributed by atoms with van der Waals surface area (Å²) in [6.07, 6.45) is -0.602. The Kier molecular flexibility index (Phi) is 15.3. The third-order valence-corrected chi connectivity index (χ3v) is 0.703. The first-order chi connectivity index (χ1) is 5.18. The van der Waals surface area contributed by atoms with Gasteiger partial charge in [0, 0.05) is 13.7 Å². The van der Waals surface area contributed by atoms with Gasteiger partial charge in [0.1, 0.15) is 0 Å². The molecule has 0 bridgehead atoms. The number of hydrogen-bond acceptors (Lipinski definition) is 4. The third kappa shape index (κ3) is 25.8. The summed E-state index contributed by atoms with van der Waals surface area (Å²) in [5.74, 6) is 0. The van der Waals surface area contributed by atoms with Crippen LogP contribution in [0.25, 0.3) is 0 Å². The Morgan fingerprint density at radius 3 is 2.00 bits per heavy atom. The Balaban J connectivity index is 0. The van der Waals surface area contributed by atoms with Crippen LogP contribution in [0, 0.1) is 0 Å². The lowest BCUT2D eigenvalue weighted by atomic mass is 10.7. The normalized spacial score (nSPS) is 11.7. The van der Waals surface area contributed by atoms with Crippen molar-refractivity contribution in [3.63, 3.8) is 0 Å². The highest BCUT2D eigenvalue weighted by Crippen LogP contribution is 1.78. The molecule has 2 N–H and O–H groups in total. The van der Waals surface area contributed by atoms with E-state index in [1.165, 1.54) is 0 Å². The van der Waals surface area contributed by atoms with E-state index in [9.17, 15) is 0 Å². The highest BCUT2D eigenvalue weighted by molar-refractivity contribution is 4.17. The van der Waals surface area contributed by atoms with E-state index in [2.05, 4.69) is 9.47 Å². The largest absolute Gasteiger partial charge is 0.394 e. The summed E-state index contributed by atoms with van der Waals surface area (Å²) >= 11 is 0. The molecule has 1 atom stereocenters. The summed E-state index contributed by atoms with van der Waals surface area (Å²) in [7, 11) is 1.55. The van der Waals surface area contributed by atoms with Gasteiger partial charge in [-0.1, -0.05) is 0 Å². The summed E-state index contributed by atoms with van der Waals surface area (Å²) < 4.78 is 9.04. The maximum Gasteiger partial charge on any atom is 0.151 e. The molecule has 0 rings (SSSR count). The highest BCUT2D eigenvalue weighted by Gasteiger charge is 1.85. The molecule has 0 radical (unpaired) electrons. The number of aliphatic hydroxyl groups excluding tert-OH is 2. The zero-order valence-electron chi connectivity index (χ0n) is 7.41. The van der Waals surface area contributed by atoms with Gasteiger partial charge >= 0.3 is 0 Å². The molecule has 0 spiro atoms. The molecule has 0 aliphatic rings. The fraction of sp³-hybridized carbons (Fsp3) is 1.00. The second-order valence-electron chi connectivity index (χ2n) is 1.77. The van der Waals surface area contributed by atoms with Crippen LogP contribution in [-0.2, 0) is 9.47 Å². The molecule has 0 amide bonds. The Morgan fingerprint density at radius 1 is 1.45 bits per heavy atom. The fourth-order valence-corrected chi connectivity index (χ4v) is 0.332. The van der Waals surface area contributed by atoms with Gasteiger partial charge in [-0.2, -0.15) is 0 Å². The van der Waals surface area contributed by atoms with Crippen molar-refractivity contribution < 1.29 is 19.7 Å². The van der Waals surface area contributed by atoms with Gasteiger partial charge in [0.25, 0.3) is 0 Å². The third-order valence-electron chi connectivity index (χ3n) is 0.703. The van der Waals surface area contributed by atoms with Crippen molar-refractivity contribution in [1.82, 2.24) is 0 Å². The number of rotatable bonds is 4. The fourth-order valence-electron chi connectivity index (χ4n) is 0.332. The van der Waals surface area contributed by atoms with Crippen molar-refractivity contribution in [1.29, 1.82) is 0 Å². The van der Waals surface area contributed by atoms with E-state index in [-0.39, 0.29) is 6.61 Å². The molecular formula is C7H18O4. The average Bonchev–Trinajstić information content (AvgIpc) is 1.90. The minimum Gasteiger partial charge on any atom is -0.394 e. The van der Waals surface area contributed by atoms with Crippen molar-refractivity contribution in [3.05, 3.63) is 0 Å². The van der Waals surface area contributed by atoms with Crippen LogP contribution in [0.15, 0.2) is 0 Å². The van der Waals surface area contributed by atoms with E-state index < -0.39 is 6.29 Å². The number of ether oxygens (including phenoxy) is 2. The molecule has 11 heavy (non-hydrogen) atoms. The van der Waals surface area contributed by atoms with Crippen LogP contribution in [-0.4, -0.2) is 43.4 Å². The Morgan fingerprint density at radius 2 is 2.00 bits per heavy atom. The van der Waals surface area contributed by atoms with Crippen molar-refractivity contribution >= 4 is 0 Å². The molecule has 0 fully saturated rings. The van der Waals surface area contributed by atoms with Crippen molar-refractivity contribution in [2.24, 2.45) is 0 Å². The van der Waals surface area contributed by atoms with Gasteiger partial charge in [-0.05, 0) is 13.8 Å². The second-order valence-corrected chi connectivity index (χ2v) is 1.77. The zero-order chi connectivity index (χ0) is 9.11. The van der Waals surface area contributed by atoms with E-state index in [0.717, 1.165) is 0 Å². The molecule has 0 aromatic rings. The number of hydrogen-bond donors (Lipinski definition) is 2. The molecular weight excluding hydrogens is 148 g/mol. The minimum absolute atomic E-state index is 0.122. The Labute approximate surface area is 67.8 Å². The molecule has 0 saturated heterocycles. The lowest BCUT2D eigenvalue weighted by molar-refractivity contribution is -0.0800. The van der Waals surface area contributed by atoms with Gasteiger partial charge in [0.15, 0.2) is 6.29 Å². The van der Waals surface area contributed by atoms with Crippen LogP contribution in [0.1, 0.15) is 13.8 Å². The number of methoxy groups -OCH3 is 1. The lowest BCUT2D eigenvalue weighted by Crippen LogP contribution is -2.04. The van der Waals surface area contributed by atoms with Crippen LogP contribution >= 0.6 is 0 Å². The van der Waals surface area contributed by atoms with Gasteiger partial charge in [-0.3, -0.25) is 0 Å². The van der Waals surface area contributed by atoms with Gasteiger partial charge in [0.2, 0.25) is 0 Å². The zero-order valence-corrected chi connectivity index (χ0v) is 7.41. The summed E-state index contributed by atoms with van der Waals surface area (Å²) in [6.45, 7) is 4.57. The number of aliphatic hydroxyl groups is 2. The predicted molar refractivity (Wildman–Crippen MR) is 42.3 cm³/mol. The van der Waals surface area contributed by atoms with Crippen molar-refractivity contribution in [3.8, 4) is 0 Å². The molecule has 0 aliphatic heterocycles. The highest BCUT2D eigenvalue weighted by atomic mass is 16.6. The maximum absolute atomic E-state index is 8.33. The Bertz CT molecular complexity index is 54.4. The van der Waals surface area contributed by atoms with Crippen LogP contribution in [0.4, 0.5) is 0 Å². The molecule has 0 aromatic heterocycles. The predicted octanol–water partition coefficient (Wildman–Crippen LogP) is -0.0137. The molecule has 0 aliphatic carbocycles. The van der Waals surface area contributed by atoms with E-state index >= 15 is 0 Å². The molecule has 0 aromatic carbocycles. The smallest absolute Gasteiger partial charge is 0.151 e. The molecule has 0 heterocycles. The molecule has 70 valence electrons. The van der Waals surface area contributed by atoms with E-state index in [1.54, 1.807) is 14.0 Å². The summed E-state index contributed by atoms with van der Waals surface area (Å²) in [5.41, 5.74) is 0. The van der Waals surface area contributed by atoms with Crippen LogP contribution in [0.5, 0.6) is 0 Å². The second kappa shape index (κ2) is 12.5. The van der Waals surface area contributed by atoms with Crippen LogP contribution < -0.4 is 0 Å². The van der Waals surface area contributed by atoms with Crippen LogP contribution in [0.2, 0.25) is 0 Å². The van der Waals surface area contributed by atoms with Gasteiger partial charge in [0.05, 0.1) is 13.2 Å². The topological polar surface area (TPSA) is 58.9 Å². The average molecular weight is 166 g/mol. The van der Waals surface area contributed by atoms with E-state index in [4.69, 9.17) is 10.2 Å². The van der Waals surface area contributed by atoms with Crippen LogP contribution in [0.3, 0.4) is 0 Å². The standard InChI is InChI=1S/C4H10O2.C3H8O2/c1-3-6-4(2)5;1-5-3-2-4/h4-5H,3H2,1-2H3;4H,2-3H2,1H3. The van der Waals surface area contributed by atoms with Crippen molar-refractivity contribution in [2.45, 2.75) is 20.1 Å². The van der Waals surface area contributed by atoms with Gasteiger partial charge < -0.3 is 19.7 Å². The molecule has 4 heteroatoms. The summed E-state index contributed by atoms with van der Waals surface area (Å²) in [6, 6.07) is 0. The first-order valence-electron chi connectivity index (χ1n) is 3.58. The SMILES string of the molecule is CCOC(C)O.COCCO. The van der Waals surface area contributed by atoms with Crippen molar-refractivity contribution in [2.75, 3.05) is 26.9 Å². The first-order valence-corrected chi connectivity index (χ1v) is 3.58. The summed E-state index contributed by atoms with van der Waals surface area (Å²) in [4.78, 5) is 0. The van der Waals surface area contributed by atoms with E-state index in [1.807, 2.05) is 6.92 Å². The minimum atomic E-state index is -0.602. The summed E-state index contributed by atoms with van der Waals surface area (Å²) in [5, 5.41) is 16.3. The first kappa shape index (κ1) is 13.4. The molecule has 0 saturated carbocycles. The van der Waals surface area contributed by atoms with E-state index in [0.29, 0.717) is 13.2 Å².